The number of rotatable bonds is 3. The highest BCUT2D eigenvalue weighted by atomic mass is 19.1. The van der Waals surface area contributed by atoms with Crippen LogP contribution in [-0.2, 0) is 11.3 Å². The van der Waals surface area contributed by atoms with Crippen molar-refractivity contribution in [2.75, 3.05) is 5.32 Å². The third kappa shape index (κ3) is 2.50. The van der Waals surface area contributed by atoms with Gasteiger partial charge in [0.2, 0.25) is 5.91 Å². The molecule has 0 bridgehead atoms. The second kappa shape index (κ2) is 4.91. The van der Waals surface area contributed by atoms with Crippen LogP contribution in [0.25, 0.3) is 0 Å². The SMILES string of the molecule is Cc1cnnn1CC(=O)Nc1c(F)cccc1F. The largest absolute Gasteiger partial charge is 0.320 e. The smallest absolute Gasteiger partial charge is 0.246 e. The maximum absolute atomic E-state index is 13.3. The van der Waals surface area contributed by atoms with Gasteiger partial charge in [-0.05, 0) is 19.1 Å². The Hall–Kier alpha value is -2.31. The molecular formula is C11H10F2N4O. The summed E-state index contributed by atoms with van der Waals surface area (Å²) in [7, 11) is 0. The van der Waals surface area contributed by atoms with E-state index in [1.807, 2.05) is 0 Å². The van der Waals surface area contributed by atoms with Crippen molar-refractivity contribution < 1.29 is 13.6 Å². The van der Waals surface area contributed by atoms with Crippen molar-refractivity contribution in [2.24, 2.45) is 0 Å². The van der Waals surface area contributed by atoms with Crippen LogP contribution in [0.3, 0.4) is 0 Å². The number of carbonyl (C=O) groups is 1. The Balaban J connectivity index is 2.10. The molecule has 0 unspecified atom stereocenters. The summed E-state index contributed by atoms with van der Waals surface area (Å²) in [5.41, 5.74) is 0.222. The van der Waals surface area contributed by atoms with Gasteiger partial charge in [0, 0.05) is 0 Å². The first kappa shape index (κ1) is 12.2. The molecule has 0 spiro atoms. The first-order valence-corrected chi connectivity index (χ1v) is 5.17. The van der Waals surface area contributed by atoms with E-state index in [2.05, 4.69) is 15.6 Å². The zero-order valence-electron chi connectivity index (χ0n) is 9.52. The Bertz CT molecular complexity index is 562. The maximum atomic E-state index is 13.3. The highest BCUT2D eigenvalue weighted by Crippen LogP contribution is 2.17. The standard InChI is InChI=1S/C11H10F2N4O/c1-7-5-14-16-17(7)6-10(18)15-11-8(12)3-2-4-9(11)13/h2-5H,6H2,1H3,(H,15,18). The minimum absolute atomic E-state index is 0.153. The highest BCUT2D eigenvalue weighted by Gasteiger charge is 2.13. The lowest BCUT2D eigenvalue weighted by Gasteiger charge is -2.07. The zero-order chi connectivity index (χ0) is 13.1. The van der Waals surface area contributed by atoms with Gasteiger partial charge in [-0.25, -0.2) is 13.5 Å². The Morgan fingerprint density at radius 2 is 2.06 bits per heavy atom. The van der Waals surface area contributed by atoms with Gasteiger partial charge in [0.05, 0.1) is 11.9 Å². The monoisotopic (exact) mass is 252 g/mol. The van der Waals surface area contributed by atoms with Crippen LogP contribution in [0.1, 0.15) is 5.69 Å². The molecule has 0 fully saturated rings. The predicted octanol–water partition coefficient (Wildman–Crippen LogP) is 1.50. The van der Waals surface area contributed by atoms with Crippen LogP contribution in [0.4, 0.5) is 14.5 Å². The minimum Gasteiger partial charge on any atom is -0.320 e. The van der Waals surface area contributed by atoms with Crippen LogP contribution < -0.4 is 5.32 Å². The molecule has 0 saturated carbocycles. The van der Waals surface area contributed by atoms with E-state index in [0.717, 1.165) is 12.1 Å². The fourth-order valence-electron chi connectivity index (χ4n) is 1.40. The van der Waals surface area contributed by atoms with Gasteiger partial charge in [0.25, 0.3) is 0 Å². The number of amides is 1. The third-order valence-electron chi connectivity index (χ3n) is 2.33. The van der Waals surface area contributed by atoms with Crippen LogP contribution in [0.15, 0.2) is 24.4 Å². The minimum atomic E-state index is -0.821. The summed E-state index contributed by atoms with van der Waals surface area (Å²) in [5, 5.41) is 9.43. The summed E-state index contributed by atoms with van der Waals surface area (Å²) < 4.78 is 27.9. The number of nitrogens with zero attached hydrogens (tertiary/aromatic N) is 3. The van der Waals surface area contributed by atoms with E-state index in [9.17, 15) is 13.6 Å². The summed E-state index contributed by atoms with van der Waals surface area (Å²) in [4.78, 5) is 11.6. The van der Waals surface area contributed by atoms with Crippen LogP contribution in [0.5, 0.6) is 0 Å². The number of aromatic nitrogens is 3. The molecule has 1 amide bonds. The third-order valence-corrected chi connectivity index (χ3v) is 2.33. The zero-order valence-corrected chi connectivity index (χ0v) is 9.52. The Labute approximate surface area is 101 Å². The van der Waals surface area contributed by atoms with E-state index in [0.29, 0.717) is 5.69 Å². The van der Waals surface area contributed by atoms with Gasteiger partial charge >= 0.3 is 0 Å². The molecule has 0 atom stereocenters. The van der Waals surface area contributed by atoms with Gasteiger partial charge in [-0.1, -0.05) is 11.3 Å². The topological polar surface area (TPSA) is 59.8 Å². The molecule has 1 heterocycles. The number of hydrogen-bond donors (Lipinski definition) is 1. The number of anilines is 1. The van der Waals surface area contributed by atoms with Gasteiger partial charge < -0.3 is 5.32 Å². The number of nitrogens with one attached hydrogen (secondary N) is 1. The van der Waals surface area contributed by atoms with Gasteiger partial charge in [0.15, 0.2) is 0 Å². The molecule has 2 aromatic rings. The van der Waals surface area contributed by atoms with Crippen molar-refractivity contribution in [1.29, 1.82) is 0 Å². The number of aryl methyl sites for hydroxylation is 1. The van der Waals surface area contributed by atoms with E-state index in [-0.39, 0.29) is 6.54 Å². The summed E-state index contributed by atoms with van der Waals surface area (Å²) in [6.07, 6.45) is 1.48. The molecule has 0 saturated heterocycles. The molecule has 0 aliphatic heterocycles. The molecular weight excluding hydrogens is 242 g/mol. The molecule has 0 aliphatic carbocycles. The van der Waals surface area contributed by atoms with Gasteiger partial charge in [0.1, 0.15) is 23.9 Å². The van der Waals surface area contributed by atoms with Crippen molar-refractivity contribution in [2.45, 2.75) is 13.5 Å². The lowest BCUT2D eigenvalue weighted by atomic mass is 10.3. The number of carbonyl (C=O) groups excluding carboxylic acids is 1. The predicted molar refractivity (Wildman–Crippen MR) is 59.7 cm³/mol. The molecule has 1 N–H and O–H groups in total. The van der Waals surface area contributed by atoms with Gasteiger partial charge in [-0.15, -0.1) is 5.10 Å². The van der Waals surface area contributed by atoms with Crippen LogP contribution in [-0.4, -0.2) is 20.9 Å². The second-order valence-electron chi connectivity index (χ2n) is 3.68. The van der Waals surface area contributed by atoms with E-state index < -0.39 is 23.2 Å². The summed E-state index contributed by atoms with van der Waals surface area (Å²) in [5.74, 6) is -2.22. The molecule has 5 nitrogen and oxygen atoms in total. The van der Waals surface area contributed by atoms with Crippen LogP contribution in [0, 0.1) is 18.6 Å². The van der Waals surface area contributed by atoms with Gasteiger partial charge in [-0.3, -0.25) is 4.79 Å². The van der Waals surface area contributed by atoms with E-state index >= 15 is 0 Å². The Morgan fingerprint density at radius 1 is 1.39 bits per heavy atom. The Kier molecular flexibility index (Phi) is 3.31. The average molecular weight is 252 g/mol. The molecule has 7 heteroatoms. The number of benzene rings is 1. The lowest BCUT2D eigenvalue weighted by Crippen LogP contribution is -2.21. The van der Waals surface area contributed by atoms with Gasteiger partial charge in [-0.2, -0.15) is 0 Å². The molecule has 0 radical (unpaired) electrons. The lowest BCUT2D eigenvalue weighted by molar-refractivity contribution is -0.117. The molecule has 2 rings (SSSR count). The average Bonchev–Trinajstić information content (AvgIpc) is 2.70. The van der Waals surface area contributed by atoms with Crippen molar-refractivity contribution in [3.63, 3.8) is 0 Å². The molecule has 1 aromatic heterocycles. The quantitative estimate of drug-likeness (QED) is 0.900. The first-order chi connectivity index (χ1) is 8.58. The molecule has 18 heavy (non-hydrogen) atoms. The normalized spacial score (nSPS) is 10.4. The van der Waals surface area contributed by atoms with Crippen molar-refractivity contribution in [3.8, 4) is 0 Å². The van der Waals surface area contributed by atoms with E-state index in [1.54, 1.807) is 6.92 Å². The van der Waals surface area contributed by atoms with E-state index in [1.165, 1.54) is 16.9 Å². The van der Waals surface area contributed by atoms with Crippen molar-refractivity contribution >= 4 is 11.6 Å². The fourth-order valence-corrected chi connectivity index (χ4v) is 1.40. The van der Waals surface area contributed by atoms with Crippen molar-refractivity contribution in [1.82, 2.24) is 15.0 Å². The summed E-state index contributed by atoms with van der Waals surface area (Å²) in [6.45, 7) is 1.57. The second-order valence-corrected chi connectivity index (χ2v) is 3.68. The number of hydrogen-bond acceptors (Lipinski definition) is 3. The summed E-state index contributed by atoms with van der Waals surface area (Å²) >= 11 is 0. The first-order valence-electron chi connectivity index (χ1n) is 5.17. The molecule has 94 valence electrons. The summed E-state index contributed by atoms with van der Waals surface area (Å²) in [6, 6.07) is 3.36. The molecule has 0 aliphatic rings. The highest BCUT2D eigenvalue weighted by molar-refractivity contribution is 5.90. The van der Waals surface area contributed by atoms with Crippen molar-refractivity contribution in [3.05, 3.63) is 41.7 Å². The van der Waals surface area contributed by atoms with E-state index in [4.69, 9.17) is 0 Å². The number of halogens is 2. The van der Waals surface area contributed by atoms with Crippen LogP contribution in [0.2, 0.25) is 0 Å². The fraction of sp³-hybridized carbons (Fsp3) is 0.182. The van der Waals surface area contributed by atoms with Crippen LogP contribution >= 0.6 is 0 Å². The maximum Gasteiger partial charge on any atom is 0.246 e. The molecule has 1 aromatic carbocycles. The number of para-hydroxylation sites is 1. The Morgan fingerprint density at radius 3 is 2.61 bits per heavy atom.